The molecule has 1 aromatic heterocycles. The molecule has 1 N–H and O–H groups in total. The second kappa shape index (κ2) is 5.74. The van der Waals surface area contributed by atoms with Crippen LogP contribution in [0.15, 0.2) is 42.6 Å². The summed E-state index contributed by atoms with van der Waals surface area (Å²) < 4.78 is 13.3. The molecule has 0 saturated heterocycles. The Hall–Kier alpha value is -2.74. The van der Waals surface area contributed by atoms with Crippen molar-refractivity contribution >= 4 is 11.6 Å². The SMILES string of the molecule is N#CCc1ccc(NC(=O)c2cccnc2F)cc1. The molecule has 5 heteroatoms. The van der Waals surface area contributed by atoms with Gasteiger partial charge in [0.2, 0.25) is 5.95 Å². The van der Waals surface area contributed by atoms with Crippen molar-refractivity contribution in [2.45, 2.75) is 6.42 Å². The number of benzene rings is 1. The molecule has 0 fully saturated rings. The number of carbonyl (C=O) groups excluding carboxylic acids is 1. The highest BCUT2D eigenvalue weighted by Crippen LogP contribution is 2.12. The van der Waals surface area contributed by atoms with E-state index in [0.717, 1.165) is 5.56 Å². The molecule has 0 radical (unpaired) electrons. The number of amides is 1. The molecule has 0 atom stereocenters. The topological polar surface area (TPSA) is 65.8 Å². The van der Waals surface area contributed by atoms with Gasteiger partial charge in [-0.3, -0.25) is 4.79 Å². The van der Waals surface area contributed by atoms with E-state index in [1.54, 1.807) is 24.3 Å². The van der Waals surface area contributed by atoms with Gasteiger partial charge in [-0.05, 0) is 29.8 Å². The molecule has 1 heterocycles. The van der Waals surface area contributed by atoms with E-state index >= 15 is 0 Å². The normalized spacial score (nSPS) is 9.68. The van der Waals surface area contributed by atoms with Crippen LogP contribution < -0.4 is 5.32 Å². The molecule has 94 valence electrons. The largest absolute Gasteiger partial charge is 0.322 e. The minimum atomic E-state index is -0.805. The lowest BCUT2D eigenvalue weighted by Gasteiger charge is -2.06. The number of nitrogens with one attached hydrogen (secondary N) is 1. The smallest absolute Gasteiger partial charge is 0.260 e. The van der Waals surface area contributed by atoms with Crippen LogP contribution in [0.25, 0.3) is 0 Å². The predicted molar refractivity (Wildman–Crippen MR) is 67.9 cm³/mol. The number of hydrogen-bond acceptors (Lipinski definition) is 3. The molecule has 4 nitrogen and oxygen atoms in total. The number of pyridine rings is 1. The molecular weight excluding hydrogens is 245 g/mol. The van der Waals surface area contributed by atoms with Crippen LogP contribution in [-0.4, -0.2) is 10.9 Å². The van der Waals surface area contributed by atoms with Gasteiger partial charge < -0.3 is 5.32 Å². The highest BCUT2D eigenvalue weighted by Gasteiger charge is 2.11. The number of nitrogens with zero attached hydrogens (tertiary/aromatic N) is 2. The van der Waals surface area contributed by atoms with Gasteiger partial charge in [-0.25, -0.2) is 4.98 Å². The van der Waals surface area contributed by atoms with E-state index in [-0.39, 0.29) is 5.56 Å². The van der Waals surface area contributed by atoms with Gasteiger partial charge in [0.25, 0.3) is 5.91 Å². The molecular formula is C14H10FN3O. The van der Waals surface area contributed by atoms with Crippen molar-refractivity contribution in [2.24, 2.45) is 0 Å². The lowest BCUT2D eigenvalue weighted by Crippen LogP contribution is -2.14. The van der Waals surface area contributed by atoms with E-state index < -0.39 is 11.9 Å². The summed E-state index contributed by atoms with van der Waals surface area (Å²) in [6, 6.07) is 11.7. The van der Waals surface area contributed by atoms with Gasteiger partial charge in [0.1, 0.15) is 0 Å². The Morgan fingerprint density at radius 2 is 2.05 bits per heavy atom. The van der Waals surface area contributed by atoms with Gasteiger partial charge in [0.05, 0.1) is 18.1 Å². The highest BCUT2D eigenvalue weighted by atomic mass is 19.1. The number of hydrogen-bond donors (Lipinski definition) is 1. The summed E-state index contributed by atoms with van der Waals surface area (Å²) >= 11 is 0. The molecule has 1 aromatic carbocycles. The van der Waals surface area contributed by atoms with Crippen LogP contribution in [0.3, 0.4) is 0 Å². The first kappa shape index (κ1) is 12.7. The number of anilines is 1. The fraction of sp³-hybridized carbons (Fsp3) is 0.0714. The van der Waals surface area contributed by atoms with E-state index in [4.69, 9.17) is 5.26 Å². The zero-order valence-corrected chi connectivity index (χ0v) is 9.93. The van der Waals surface area contributed by atoms with Crippen LogP contribution in [0.1, 0.15) is 15.9 Å². The minimum Gasteiger partial charge on any atom is -0.322 e. The van der Waals surface area contributed by atoms with Crippen LogP contribution in [0.5, 0.6) is 0 Å². The van der Waals surface area contributed by atoms with Gasteiger partial charge in [0.15, 0.2) is 0 Å². The minimum absolute atomic E-state index is 0.108. The Morgan fingerprint density at radius 1 is 1.32 bits per heavy atom. The first-order chi connectivity index (χ1) is 9.20. The van der Waals surface area contributed by atoms with Crippen LogP contribution >= 0.6 is 0 Å². The second-order valence-corrected chi connectivity index (χ2v) is 3.83. The summed E-state index contributed by atoms with van der Waals surface area (Å²) in [4.78, 5) is 15.2. The molecule has 0 spiro atoms. The molecule has 0 aliphatic heterocycles. The van der Waals surface area contributed by atoms with Crippen molar-refractivity contribution in [1.82, 2.24) is 4.98 Å². The van der Waals surface area contributed by atoms with Gasteiger partial charge in [-0.1, -0.05) is 12.1 Å². The molecule has 0 unspecified atom stereocenters. The molecule has 0 aliphatic rings. The monoisotopic (exact) mass is 255 g/mol. The standard InChI is InChI=1S/C14H10FN3O/c15-13-12(2-1-9-17-13)14(19)18-11-5-3-10(4-6-11)7-8-16/h1-6,9H,7H2,(H,18,19). The van der Waals surface area contributed by atoms with Gasteiger partial charge in [0, 0.05) is 11.9 Å². The molecule has 2 rings (SSSR count). The first-order valence-corrected chi connectivity index (χ1v) is 5.58. The summed E-state index contributed by atoms with van der Waals surface area (Å²) in [7, 11) is 0. The van der Waals surface area contributed by atoms with Crippen molar-refractivity contribution in [2.75, 3.05) is 5.32 Å². The fourth-order valence-electron chi connectivity index (χ4n) is 1.55. The molecule has 0 saturated carbocycles. The van der Waals surface area contributed by atoms with Crippen molar-refractivity contribution in [3.63, 3.8) is 0 Å². The van der Waals surface area contributed by atoms with E-state index in [1.807, 2.05) is 6.07 Å². The molecule has 1 amide bonds. The Balaban J connectivity index is 2.11. The molecule has 0 aliphatic carbocycles. The van der Waals surface area contributed by atoms with E-state index in [9.17, 15) is 9.18 Å². The quantitative estimate of drug-likeness (QED) is 0.857. The second-order valence-electron chi connectivity index (χ2n) is 3.83. The van der Waals surface area contributed by atoms with Gasteiger partial charge in [-0.2, -0.15) is 9.65 Å². The summed E-state index contributed by atoms with van der Waals surface area (Å²) in [5.41, 5.74) is 1.28. The zero-order valence-electron chi connectivity index (χ0n) is 9.93. The lowest BCUT2D eigenvalue weighted by atomic mass is 10.1. The van der Waals surface area contributed by atoms with Gasteiger partial charge in [-0.15, -0.1) is 0 Å². The van der Waals surface area contributed by atoms with Crippen molar-refractivity contribution in [3.8, 4) is 6.07 Å². The van der Waals surface area contributed by atoms with Crippen LogP contribution in [0.4, 0.5) is 10.1 Å². The van der Waals surface area contributed by atoms with Crippen molar-refractivity contribution < 1.29 is 9.18 Å². The number of aromatic nitrogens is 1. The maximum atomic E-state index is 13.3. The third kappa shape index (κ3) is 3.13. The Labute approximate surface area is 109 Å². The fourth-order valence-corrected chi connectivity index (χ4v) is 1.55. The van der Waals surface area contributed by atoms with E-state index in [2.05, 4.69) is 10.3 Å². The molecule has 19 heavy (non-hydrogen) atoms. The van der Waals surface area contributed by atoms with Crippen LogP contribution in [0.2, 0.25) is 0 Å². The van der Waals surface area contributed by atoms with Crippen LogP contribution in [-0.2, 0) is 6.42 Å². The number of carbonyl (C=O) groups is 1. The highest BCUT2D eigenvalue weighted by molar-refractivity contribution is 6.04. The third-order valence-corrected chi connectivity index (χ3v) is 2.50. The van der Waals surface area contributed by atoms with Crippen molar-refractivity contribution in [3.05, 3.63) is 59.7 Å². The summed E-state index contributed by atoms with van der Waals surface area (Å²) in [5, 5.41) is 11.1. The lowest BCUT2D eigenvalue weighted by molar-refractivity contribution is 0.102. The number of nitriles is 1. The maximum Gasteiger partial charge on any atom is 0.260 e. The van der Waals surface area contributed by atoms with E-state index in [0.29, 0.717) is 12.1 Å². The predicted octanol–water partition coefficient (Wildman–Crippen LogP) is 2.54. The Morgan fingerprint density at radius 3 is 2.68 bits per heavy atom. The Bertz CT molecular complexity index is 632. The number of halogens is 1. The summed E-state index contributed by atoms with van der Waals surface area (Å²) in [5.74, 6) is -1.36. The van der Waals surface area contributed by atoms with Gasteiger partial charge >= 0.3 is 0 Å². The van der Waals surface area contributed by atoms with E-state index in [1.165, 1.54) is 18.3 Å². The first-order valence-electron chi connectivity index (χ1n) is 5.58. The average molecular weight is 255 g/mol. The Kier molecular flexibility index (Phi) is 3.84. The summed E-state index contributed by atoms with van der Waals surface area (Å²) in [6.45, 7) is 0. The number of rotatable bonds is 3. The third-order valence-electron chi connectivity index (χ3n) is 2.50. The van der Waals surface area contributed by atoms with Crippen LogP contribution in [0, 0.1) is 17.3 Å². The molecule has 2 aromatic rings. The zero-order chi connectivity index (χ0) is 13.7. The maximum absolute atomic E-state index is 13.3. The molecule has 0 bridgehead atoms. The average Bonchev–Trinajstić information content (AvgIpc) is 2.42. The van der Waals surface area contributed by atoms with Crippen molar-refractivity contribution in [1.29, 1.82) is 5.26 Å². The summed E-state index contributed by atoms with van der Waals surface area (Å²) in [6.07, 6.45) is 1.59.